The maximum atomic E-state index is 14.7. The Morgan fingerprint density at radius 1 is 1.03 bits per heavy atom. The SMILES string of the molecule is COc1ccc(S(=O)(=O)N(CC(=O)NC(C)c2ccc(N3CCCC3)cc2)c2ccccc2F)cc1. The lowest BCUT2D eigenvalue weighted by Crippen LogP contribution is -2.42. The highest BCUT2D eigenvalue weighted by Crippen LogP contribution is 2.28. The zero-order valence-electron chi connectivity index (χ0n) is 20.4. The third-order valence-corrected chi connectivity index (χ3v) is 8.07. The molecule has 9 heteroatoms. The molecule has 0 radical (unpaired) electrons. The van der Waals surface area contributed by atoms with Crippen molar-refractivity contribution in [2.45, 2.75) is 30.7 Å². The zero-order chi connectivity index (χ0) is 25.7. The van der Waals surface area contributed by atoms with Gasteiger partial charge in [-0.05, 0) is 73.9 Å². The molecule has 0 aliphatic carbocycles. The Balaban J connectivity index is 1.53. The van der Waals surface area contributed by atoms with Gasteiger partial charge in [-0.25, -0.2) is 12.8 Å². The number of para-hydroxylation sites is 1. The standard InChI is InChI=1S/C27H30FN3O4S/c1-20(21-9-11-22(12-10-21)30-17-5-6-18-30)29-27(32)19-31(26-8-4-3-7-25(26)28)36(33,34)24-15-13-23(35-2)14-16-24/h3-4,7-16,20H,5-6,17-19H2,1-2H3,(H,29,32). The number of halogens is 1. The molecular formula is C27H30FN3O4S. The van der Waals surface area contributed by atoms with Crippen LogP contribution < -0.4 is 19.3 Å². The Hall–Kier alpha value is -3.59. The lowest BCUT2D eigenvalue weighted by atomic mass is 10.1. The van der Waals surface area contributed by atoms with Gasteiger partial charge in [-0.15, -0.1) is 0 Å². The van der Waals surface area contributed by atoms with Crippen LogP contribution in [0.3, 0.4) is 0 Å². The maximum Gasteiger partial charge on any atom is 0.264 e. The molecule has 1 N–H and O–H groups in total. The fourth-order valence-corrected chi connectivity index (χ4v) is 5.71. The Morgan fingerprint density at radius 3 is 2.28 bits per heavy atom. The van der Waals surface area contributed by atoms with Gasteiger partial charge in [0.15, 0.2) is 0 Å². The minimum Gasteiger partial charge on any atom is -0.497 e. The molecule has 0 saturated carbocycles. The van der Waals surface area contributed by atoms with Crippen molar-refractivity contribution in [3.05, 3.63) is 84.2 Å². The molecule has 1 atom stereocenters. The monoisotopic (exact) mass is 511 g/mol. The van der Waals surface area contributed by atoms with Crippen LogP contribution in [0.15, 0.2) is 77.7 Å². The minimum atomic E-state index is -4.24. The molecule has 0 aromatic heterocycles. The summed E-state index contributed by atoms with van der Waals surface area (Å²) in [5.74, 6) is -0.812. The number of amides is 1. The normalized spacial score (nSPS) is 14.4. The first-order valence-electron chi connectivity index (χ1n) is 11.8. The van der Waals surface area contributed by atoms with Gasteiger partial charge >= 0.3 is 0 Å². The molecule has 1 heterocycles. The predicted molar refractivity (Wildman–Crippen MR) is 138 cm³/mol. The van der Waals surface area contributed by atoms with Gasteiger partial charge in [-0.2, -0.15) is 0 Å². The van der Waals surface area contributed by atoms with E-state index in [-0.39, 0.29) is 16.6 Å². The molecule has 0 spiro atoms. The molecule has 190 valence electrons. The Labute approximate surface area is 211 Å². The van der Waals surface area contributed by atoms with Gasteiger partial charge in [0, 0.05) is 18.8 Å². The van der Waals surface area contributed by atoms with Gasteiger partial charge in [-0.1, -0.05) is 24.3 Å². The van der Waals surface area contributed by atoms with Gasteiger partial charge in [0.05, 0.1) is 23.7 Å². The molecule has 4 rings (SSSR count). The number of nitrogens with zero attached hydrogens (tertiary/aromatic N) is 2. The Kier molecular flexibility index (Phi) is 7.79. The van der Waals surface area contributed by atoms with Gasteiger partial charge in [0.25, 0.3) is 10.0 Å². The van der Waals surface area contributed by atoms with Gasteiger partial charge < -0.3 is 15.0 Å². The highest BCUT2D eigenvalue weighted by atomic mass is 32.2. The molecular weight excluding hydrogens is 481 g/mol. The highest BCUT2D eigenvalue weighted by molar-refractivity contribution is 7.92. The summed E-state index contributed by atoms with van der Waals surface area (Å²) in [6.45, 7) is 3.33. The molecule has 1 aliphatic rings. The molecule has 0 bridgehead atoms. The largest absolute Gasteiger partial charge is 0.497 e. The van der Waals surface area contributed by atoms with Crippen molar-refractivity contribution in [1.29, 1.82) is 0 Å². The van der Waals surface area contributed by atoms with Crippen LogP contribution in [-0.2, 0) is 14.8 Å². The number of sulfonamides is 1. The van der Waals surface area contributed by atoms with Crippen LogP contribution in [0.4, 0.5) is 15.8 Å². The van der Waals surface area contributed by atoms with Crippen molar-refractivity contribution in [2.24, 2.45) is 0 Å². The highest BCUT2D eigenvalue weighted by Gasteiger charge is 2.29. The lowest BCUT2D eigenvalue weighted by molar-refractivity contribution is -0.120. The van der Waals surface area contributed by atoms with Crippen molar-refractivity contribution in [2.75, 3.05) is 35.9 Å². The second kappa shape index (κ2) is 11.0. The van der Waals surface area contributed by atoms with E-state index in [1.807, 2.05) is 31.2 Å². The van der Waals surface area contributed by atoms with Crippen LogP contribution in [0, 0.1) is 5.82 Å². The van der Waals surface area contributed by atoms with Crippen molar-refractivity contribution in [1.82, 2.24) is 5.32 Å². The fourth-order valence-electron chi connectivity index (χ4n) is 4.28. The number of hydrogen-bond acceptors (Lipinski definition) is 5. The predicted octanol–water partition coefficient (Wildman–Crippen LogP) is 4.51. The molecule has 1 amide bonds. The van der Waals surface area contributed by atoms with E-state index < -0.39 is 28.3 Å². The van der Waals surface area contributed by atoms with E-state index in [9.17, 15) is 17.6 Å². The summed E-state index contributed by atoms with van der Waals surface area (Å²) in [7, 11) is -2.77. The van der Waals surface area contributed by atoms with E-state index in [1.165, 1.54) is 62.4 Å². The smallest absolute Gasteiger partial charge is 0.264 e. The van der Waals surface area contributed by atoms with E-state index >= 15 is 0 Å². The number of rotatable bonds is 9. The number of methoxy groups -OCH3 is 1. The van der Waals surface area contributed by atoms with E-state index in [0.717, 1.165) is 34.7 Å². The number of nitrogens with one attached hydrogen (secondary N) is 1. The second-order valence-corrected chi connectivity index (χ2v) is 10.6. The van der Waals surface area contributed by atoms with Crippen molar-refractivity contribution in [3.8, 4) is 5.75 Å². The summed E-state index contributed by atoms with van der Waals surface area (Å²) in [4.78, 5) is 15.3. The molecule has 36 heavy (non-hydrogen) atoms. The molecule has 1 saturated heterocycles. The van der Waals surface area contributed by atoms with Crippen molar-refractivity contribution < 1.29 is 22.3 Å². The zero-order valence-corrected chi connectivity index (χ0v) is 21.2. The summed E-state index contributed by atoms with van der Waals surface area (Å²) in [5, 5.41) is 2.85. The average Bonchev–Trinajstić information content (AvgIpc) is 3.43. The van der Waals surface area contributed by atoms with Crippen molar-refractivity contribution in [3.63, 3.8) is 0 Å². The van der Waals surface area contributed by atoms with Crippen molar-refractivity contribution >= 4 is 27.3 Å². The van der Waals surface area contributed by atoms with Gasteiger partial charge in [0.2, 0.25) is 5.91 Å². The van der Waals surface area contributed by atoms with Crippen LogP contribution in [0.2, 0.25) is 0 Å². The molecule has 3 aromatic carbocycles. The van der Waals surface area contributed by atoms with E-state index in [0.29, 0.717) is 5.75 Å². The van der Waals surface area contributed by atoms with E-state index in [1.54, 1.807) is 0 Å². The third kappa shape index (κ3) is 5.62. The average molecular weight is 512 g/mol. The molecule has 7 nitrogen and oxygen atoms in total. The van der Waals surface area contributed by atoms with Gasteiger partial charge in [0.1, 0.15) is 18.1 Å². The second-order valence-electron chi connectivity index (χ2n) is 8.71. The Morgan fingerprint density at radius 2 is 1.67 bits per heavy atom. The number of benzene rings is 3. The number of carbonyl (C=O) groups excluding carboxylic acids is 1. The number of ether oxygens (including phenoxy) is 1. The summed E-state index contributed by atoms with van der Waals surface area (Å²) in [6.07, 6.45) is 2.37. The van der Waals surface area contributed by atoms with E-state index in [2.05, 4.69) is 10.2 Å². The maximum absolute atomic E-state index is 14.7. The minimum absolute atomic E-state index is 0.0788. The summed E-state index contributed by atoms with van der Waals surface area (Å²) in [5.41, 5.74) is 1.83. The van der Waals surface area contributed by atoms with Crippen LogP contribution in [-0.4, -0.2) is 41.1 Å². The first kappa shape index (κ1) is 25.5. The molecule has 1 fully saturated rings. The van der Waals surface area contributed by atoms with Gasteiger partial charge in [-0.3, -0.25) is 9.10 Å². The van der Waals surface area contributed by atoms with Crippen LogP contribution in [0.5, 0.6) is 5.75 Å². The summed E-state index contributed by atoms with van der Waals surface area (Å²) >= 11 is 0. The topological polar surface area (TPSA) is 79.0 Å². The number of hydrogen-bond donors (Lipinski definition) is 1. The van der Waals surface area contributed by atoms with Crippen LogP contribution >= 0.6 is 0 Å². The van der Waals surface area contributed by atoms with Crippen LogP contribution in [0.1, 0.15) is 31.4 Å². The molecule has 1 unspecified atom stereocenters. The first-order chi connectivity index (χ1) is 17.3. The number of carbonyl (C=O) groups is 1. The summed E-state index contributed by atoms with van der Waals surface area (Å²) in [6, 6.07) is 18.8. The van der Waals surface area contributed by atoms with E-state index in [4.69, 9.17) is 4.74 Å². The lowest BCUT2D eigenvalue weighted by Gasteiger charge is -2.25. The Bertz CT molecular complexity index is 1290. The summed E-state index contributed by atoms with van der Waals surface area (Å²) < 4.78 is 47.5. The first-order valence-corrected chi connectivity index (χ1v) is 13.3. The molecule has 1 aliphatic heterocycles. The fraction of sp³-hybridized carbons (Fsp3) is 0.296. The quantitative estimate of drug-likeness (QED) is 0.458. The molecule has 3 aromatic rings. The third-order valence-electron chi connectivity index (χ3n) is 6.30. The van der Waals surface area contributed by atoms with Crippen LogP contribution in [0.25, 0.3) is 0 Å². The number of anilines is 2.